The van der Waals surface area contributed by atoms with Crippen LogP contribution < -0.4 is 0 Å². The van der Waals surface area contributed by atoms with Gasteiger partial charge < -0.3 is 0 Å². The Kier molecular flexibility index (Phi) is 2.62. The minimum atomic E-state index is 0.308. The van der Waals surface area contributed by atoms with Crippen LogP contribution in [0.25, 0.3) is 10.9 Å². The van der Waals surface area contributed by atoms with E-state index in [1.807, 2.05) is 0 Å². The van der Waals surface area contributed by atoms with Gasteiger partial charge in [0.25, 0.3) is 0 Å². The maximum absolute atomic E-state index is 4.87. The SMILES string of the molecule is CC1(c2ccc3ccccc3n2)CCCCC1. The first-order chi connectivity index (χ1) is 8.28. The van der Waals surface area contributed by atoms with Gasteiger partial charge in [0.05, 0.1) is 5.52 Å². The van der Waals surface area contributed by atoms with Gasteiger partial charge in [0.2, 0.25) is 0 Å². The number of benzene rings is 1. The molecule has 0 bridgehead atoms. The van der Waals surface area contributed by atoms with Crippen molar-refractivity contribution in [2.24, 2.45) is 0 Å². The molecule has 17 heavy (non-hydrogen) atoms. The van der Waals surface area contributed by atoms with Crippen molar-refractivity contribution in [3.05, 3.63) is 42.1 Å². The normalized spacial score (nSPS) is 19.4. The molecule has 0 radical (unpaired) electrons. The molecular formula is C16H19N. The number of pyridine rings is 1. The molecule has 0 saturated heterocycles. The predicted octanol–water partition coefficient (Wildman–Crippen LogP) is 4.46. The molecule has 1 aliphatic carbocycles. The van der Waals surface area contributed by atoms with Gasteiger partial charge in [0, 0.05) is 16.5 Å². The minimum absolute atomic E-state index is 0.308. The third-order valence-corrected chi connectivity index (χ3v) is 4.17. The van der Waals surface area contributed by atoms with E-state index in [0.29, 0.717) is 5.41 Å². The average molecular weight is 225 g/mol. The van der Waals surface area contributed by atoms with E-state index in [-0.39, 0.29) is 0 Å². The summed E-state index contributed by atoms with van der Waals surface area (Å²) in [5.74, 6) is 0. The van der Waals surface area contributed by atoms with Crippen LogP contribution >= 0.6 is 0 Å². The summed E-state index contributed by atoms with van der Waals surface area (Å²) in [4.78, 5) is 4.87. The zero-order chi connectivity index (χ0) is 11.7. The van der Waals surface area contributed by atoms with E-state index in [1.54, 1.807) is 0 Å². The van der Waals surface area contributed by atoms with E-state index in [9.17, 15) is 0 Å². The second-order valence-electron chi connectivity index (χ2n) is 5.51. The van der Waals surface area contributed by atoms with Crippen LogP contribution in [0.15, 0.2) is 36.4 Å². The number of hydrogen-bond acceptors (Lipinski definition) is 1. The Balaban J connectivity index is 2.05. The van der Waals surface area contributed by atoms with Gasteiger partial charge in [0.1, 0.15) is 0 Å². The molecule has 1 heteroatoms. The van der Waals surface area contributed by atoms with E-state index >= 15 is 0 Å². The largest absolute Gasteiger partial charge is 0.252 e. The first-order valence-corrected chi connectivity index (χ1v) is 6.64. The average Bonchev–Trinajstić information content (AvgIpc) is 2.39. The molecule has 0 aliphatic heterocycles. The highest BCUT2D eigenvalue weighted by atomic mass is 14.7. The fourth-order valence-corrected chi connectivity index (χ4v) is 2.99. The van der Waals surface area contributed by atoms with E-state index in [4.69, 9.17) is 4.98 Å². The van der Waals surface area contributed by atoms with Gasteiger partial charge in [-0.05, 0) is 25.0 Å². The standard InChI is InChI=1S/C16H19N/c1-16(11-5-2-6-12-16)15-10-9-13-7-3-4-8-14(13)17-15/h3-4,7-10H,2,5-6,11-12H2,1H3. The number of fused-ring (bicyclic) bond motifs is 1. The molecule has 1 aromatic heterocycles. The molecule has 1 fully saturated rings. The Labute approximate surface area is 103 Å². The number of hydrogen-bond donors (Lipinski definition) is 0. The second kappa shape index (κ2) is 4.14. The maximum Gasteiger partial charge on any atom is 0.0705 e. The Morgan fingerprint density at radius 3 is 2.53 bits per heavy atom. The summed E-state index contributed by atoms with van der Waals surface area (Å²) in [6.45, 7) is 2.38. The fraction of sp³-hybridized carbons (Fsp3) is 0.438. The van der Waals surface area contributed by atoms with E-state index in [0.717, 1.165) is 5.52 Å². The highest BCUT2D eigenvalue weighted by Crippen LogP contribution is 2.38. The zero-order valence-corrected chi connectivity index (χ0v) is 10.4. The van der Waals surface area contributed by atoms with Gasteiger partial charge in [-0.15, -0.1) is 0 Å². The van der Waals surface area contributed by atoms with Crippen molar-refractivity contribution in [2.75, 3.05) is 0 Å². The number of para-hydroxylation sites is 1. The van der Waals surface area contributed by atoms with Crippen LogP contribution in [0.2, 0.25) is 0 Å². The number of rotatable bonds is 1. The first-order valence-electron chi connectivity index (χ1n) is 6.64. The molecular weight excluding hydrogens is 206 g/mol. The molecule has 0 unspecified atom stereocenters. The molecule has 0 amide bonds. The van der Waals surface area contributed by atoms with Crippen LogP contribution in [0.1, 0.15) is 44.7 Å². The van der Waals surface area contributed by atoms with Crippen LogP contribution in [0.5, 0.6) is 0 Å². The van der Waals surface area contributed by atoms with Gasteiger partial charge in [-0.2, -0.15) is 0 Å². The van der Waals surface area contributed by atoms with Crippen LogP contribution in [-0.2, 0) is 5.41 Å². The van der Waals surface area contributed by atoms with Crippen molar-refractivity contribution < 1.29 is 0 Å². The molecule has 1 saturated carbocycles. The van der Waals surface area contributed by atoms with Crippen molar-refractivity contribution in [3.63, 3.8) is 0 Å². The molecule has 1 aliphatic rings. The maximum atomic E-state index is 4.87. The highest BCUT2D eigenvalue weighted by Gasteiger charge is 2.29. The minimum Gasteiger partial charge on any atom is -0.252 e. The topological polar surface area (TPSA) is 12.9 Å². The van der Waals surface area contributed by atoms with E-state index in [2.05, 4.69) is 43.3 Å². The van der Waals surface area contributed by atoms with Crippen LogP contribution in [0.3, 0.4) is 0 Å². The summed E-state index contributed by atoms with van der Waals surface area (Å²) < 4.78 is 0. The fourth-order valence-electron chi connectivity index (χ4n) is 2.99. The molecule has 1 heterocycles. The van der Waals surface area contributed by atoms with Gasteiger partial charge in [-0.3, -0.25) is 4.98 Å². The molecule has 1 nitrogen and oxygen atoms in total. The predicted molar refractivity (Wildman–Crippen MR) is 72.2 cm³/mol. The van der Waals surface area contributed by atoms with Crippen molar-refractivity contribution in [3.8, 4) is 0 Å². The zero-order valence-electron chi connectivity index (χ0n) is 10.4. The summed E-state index contributed by atoms with van der Waals surface area (Å²) >= 11 is 0. The summed E-state index contributed by atoms with van der Waals surface area (Å²) in [5, 5.41) is 1.25. The van der Waals surface area contributed by atoms with Crippen LogP contribution in [-0.4, -0.2) is 4.98 Å². The lowest BCUT2D eigenvalue weighted by molar-refractivity contribution is 0.313. The molecule has 88 valence electrons. The Morgan fingerprint density at radius 2 is 1.71 bits per heavy atom. The third kappa shape index (κ3) is 1.95. The Morgan fingerprint density at radius 1 is 0.941 bits per heavy atom. The number of nitrogens with zero attached hydrogens (tertiary/aromatic N) is 1. The molecule has 0 spiro atoms. The lowest BCUT2D eigenvalue weighted by Crippen LogP contribution is -2.26. The summed E-state index contributed by atoms with van der Waals surface area (Å²) in [7, 11) is 0. The Bertz CT molecular complexity index is 524. The van der Waals surface area contributed by atoms with Gasteiger partial charge in [-0.25, -0.2) is 0 Å². The number of aromatic nitrogens is 1. The van der Waals surface area contributed by atoms with Crippen molar-refractivity contribution in [1.29, 1.82) is 0 Å². The second-order valence-corrected chi connectivity index (χ2v) is 5.51. The van der Waals surface area contributed by atoms with E-state index in [1.165, 1.54) is 43.2 Å². The van der Waals surface area contributed by atoms with Crippen LogP contribution in [0, 0.1) is 0 Å². The summed E-state index contributed by atoms with van der Waals surface area (Å²) in [6, 6.07) is 12.8. The lowest BCUT2D eigenvalue weighted by Gasteiger charge is -2.33. The smallest absolute Gasteiger partial charge is 0.0705 e. The third-order valence-electron chi connectivity index (χ3n) is 4.17. The molecule has 3 rings (SSSR count). The van der Waals surface area contributed by atoms with Gasteiger partial charge >= 0.3 is 0 Å². The summed E-state index contributed by atoms with van der Waals surface area (Å²) in [6.07, 6.45) is 6.68. The van der Waals surface area contributed by atoms with Crippen molar-refractivity contribution in [1.82, 2.24) is 4.98 Å². The molecule has 2 aromatic rings. The lowest BCUT2D eigenvalue weighted by atomic mass is 9.73. The monoisotopic (exact) mass is 225 g/mol. The van der Waals surface area contributed by atoms with E-state index < -0.39 is 0 Å². The highest BCUT2D eigenvalue weighted by molar-refractivity contribution is 5.78. The van der Waals surface area contributed by atoms with Gasteiger partial charge in [-0.1, -0.05) is 50.5 Å². The molecule has 1 aromatic carbocycles. The van der Waals surface area contributed by atoms with Gasteiger partial charge in [0.15, 0.2) is 0 Å². The quantitative estimate of drug-likeness (QED) is 0.698. The first kappa shape index (κ1) is 10.8. The molecule has 0 N–H and O–H groups in total. The molecule has 0 atom stereocenters. The van der Waals surface area contributed by atoms with Crippen molar-refractivity contribution >= 4 is 10.9 Å². The van der Waals surface area contributed by atoms with Crippen LogP contribution in [0.4, 0.5) is 0 Å². The summed E-state index contributed by atoms with van der Waals surface area (Å²) in [5.41, 5.74) is 2.73. The Hall–Kier alpha value is -1.37. The van der Waals surface area contributed by atoms with Crippen molar-refractivity contribution in [2.45, 2.75) is 44.4 Å².